The van der Waals surface area contributed by atoms with Gasteiger partial charge < -0.3 is 9.80 Å². The maximum Gasteiger partial charge on any atom is 0.267 e. The van der Waals surface area contributed by atoms with E-state index in [0.717, 1.165) is 17.7 Å². The number of hydrogen-bond donors (Lipinski definition) is 0. The van der Waals surface area contributed by atoms with Crippen LogP contribution in [-0.4, -0.2) is 56.7 Å². The molecule has 0 spiro atoms. The molecule has 2 aliphatic heterocycles. The summed E-state index contributed by atoms with van der Waals surface area (Å²) in [5.74, 6) is 0.124. The number of amides is 1. The van der Waals surface area contributed by atoms with Gasteiger partial charge in [-0.3, -0.25) is 18.9 Å². The lowest BCUT2D eigenvalue weighted by Gasteiger charge is -2.37. The molecule has 4 heterocycles. The summed E-state index contributed by atoms with van der Waals surface area (Å²) in [5.41, 5.74) is 2.59. The van der Waals surface area contributed by atoms with Crippen molar-refractivity contribution in [2.45, 2.75) is 33.2 Å². The molecular formula is C27H28FN5O2S2. The Kier molecular flexibility index (Phi) is 7.04. The number of piperazine rings is 1. The maximum atomic E-state index is 13.7. The molecule has 192 valence electrons. The number of aromatic nitrogens is 2. The van der Waals surface area contributed by atoms with Gasteiger partial charge in [0.05, 0.1) is 10.5 Å². The number of carbonyl (C=O) groups is 1. The fraction of sp³-hybridized carbons (Fsp3) is 0.333. The zero-order chi connectivity index (χ0) is 26.3. The number of carbonyl (C=O) groups excluding carboxylic acids is 1. The van der Waals surface area contributed by atoms with Crippen molar-refractivity contribution in [1.82, 2.24) is 14.3 Å². The molecule has 10 heteroatoms. The molecule has 37 heavy (non-hydrogen) atoms. The largest absolute Gasteiger partial charge is 0.368 e. The molecule has 0 aliphatic carbocycles. The van der Waals surface area contributed by atoms with E-state index in [4.69, 9.17) is 17.2 Å². The minimum absolute atomic E-state index is 0.0177. The number of thioether (sulfide) groups is 1. The van der Waals surface area contributed by atoms with Gasteiger partial charge in [-0.05, 0) is 62.2 Å². The van der Waals surface area contributed by atoms with Gasteiger partial charge in [0.1, 0.15) is 21.6 Å². The minimum Gasteiger partial charge on any atom is -0.368 e. The highest BCUT2D eigenvalue weighted by Crippen LogP contribution is 2.35. The van der Waals surface area contributed by atoms with E-state index in [9.17, 15) is 14.0 Å². The summed E-state index contributed by atoms with van der Waals surface area (Å²) >= 11 is 6.72. The third-order valence-corrected chi connectivity index (χ3v) is 8.30. The third kappa shape index (κ3) is 4.75. The Labute approximate surface area is 224 Å². The van der Waals surface area contributed by atoms with Crippen LogP contribution in [0.25, 0.3) is 11.7 Å². The van der Waals surface area contributed by atoms with Gasteiger partial charge in [0.2, 0.25) is 0 Å². The van der Waals surface area contributed by atoms with Crippen LogP contribution in [0.3, 0.4) is 0 Å². The molecule has 3 aromatic rings. The van der Waals surface area contributed by atoms with Gasteiger partial charge >= 0.3 is 0 Å². The van der Waals surface area contributed by atoms with Crippen LogP contribution in [0.15, 0.2) is 52.3 Å². The molecule has 1 atom stereocenters. The fourth-order valence-electron chi connectivity index (χ4n) is 4.67. The number of thiocarbonyl (C=S) groups is 1. The number of nitrogens with zero attached hydrogens (tertiary/aromatic N) is 5. The van der Waals surface area contributed by atoms with E-state index in [0.29, 0.717) is 52.4 Å². The lowest BCUT2D eigenvalue weighted by molar-refractivity contribution is -0.123. The van der Waals surface area contributed by atoms with Crippen molar-refractivity contribution in [1.29, 1.82) is 0 Å². The van der Waals surface area contributed by atoms with Gasteiger partial charge in [-0.2, -0.15) is 0 Å². The van der Waals surface area contributed by atoms with Gasteiger partial charge in [0.15, 0.2) is 0 Å². The summed E-state index contributed by atoms with van der Waals surface area (Å²) < 4.78 is 15.4. The van der Waals surface area contributed by atoms with E-state index in [2.05, 4.69) is 9.80 Å². The van der Waals surface area contributed by atoms with Crippen molar-refractivity contribution < 1.29 is 9.18 Å². The van der Waals surface area contributed by atoms with Crippen LogP contribution in [0.1, 0.15) is 31.4 Å². The van der Waals surface area contributed by atoms with Crippen molar-refractivity contribution >= 4 is 57.4 Å². The molecule has 0 N–H and O–H groups in total. The van der Waals surface area contributed by atoms with Gasteiger partial charge in [0, 0.05) is 44.1 Å². The molecule has 2 aromatic heterocycles. The van der Waals surface area contributed by atoms with Crippen LogP contribution in [-0.2, 0) is 4.79 Å². The molecule has 7 nitrogen and oxygen atoms in total. The maximum absolute atomic E-state index is 13.7. The van der Waals surface area contributed by atoms with Crippen molar-refractivity contribution in [3.05, 3.63) is 74.8 Å². The van der Waals surface area contributed by atoms with E-state index in [1.165, 1.54) is 28.3 Å². The summed E-state index contributed by atoms with van der Waals surface area (Å²) in [6, 6.07) is 10.2. The third-order valence-electron chi connectivity index (χ3n) is 6.97. The van der Waals surface area contributed by atoms with Crippen molar-refractivity contribution in [3.8, 4) is 0 Å². The molecule has 0 bridgehead atoms. The average Bonchev–Trinajstić information content (AvgIpc) is 3.18. The van der Waals surface area contributed by atoms with Crippen molar-refractivity contribution in [2.24, 2.45) is 0 Å². The highest BCUT2D eigenvalue weighted by atomic mass is 32.2. The number of pyridine rings is 1. The summed E-state index contributed by atoms with van der Waals surface area (Å²) in [5, 5.41) is 0. The molecule has 2 aliphatic rings. The Bertz CT molecular complexity index is 1460. The van der Waals surface area contributed by atoms with Gasteiger partial charge in [-0.15, -0.1) is 0 Å². The SMILES string of the molecule is CC[C@H](C)N1C(=O)/C(=C/c2c(N3CCN(c4ccc(F)cc4)CC3)nc3c(C)cccn3c2=O)SC1=S. The number of benzene rings is 1. The predicted molar refractivity (Wildman–Crippen MR) is 152 cm³/mol. The number of aryl methyl sites for hydroxylation is 1. The van der Waals surface area contributed by atoms with Crippen LogP contribution in [0.4, 0.5) is 15.9 Å². The van der Waals surface area contributed by atoms with E-state index in [1.54, 1.807) is 29.3 Å². The molecule has 1 amide bonds. The molecular weight excluding hydrogens is 509 g/mol. The Morgan fingerprint density at radius 2 is 1.78 bits per heavy atom. The Morgan fingerprint density at radius 1 is 1.11 bits per heavy atom. The zero-order valence-corrected chi connectivity index (χ0v) is 22.6. The van der Waals surface area contributed by atoms with Crippen molar-refractivity contribution in [3.63, 3.8) is 0 Å². The molecule has 5 rings (SSSR count). The topological polar surface area (TPSA) is 61.2 Å². The summed E-state index contributed by atoms with van der Waals surface area (Å²) in [4.78, 5) is 38.3. The minimum atomic E-state index is -0.262. The second-order valence-corrected chi connectivity index (χ2v) is 11.0. The summed E-state index contributed by atoms with van der Waals surface area (Å²) in [6.07, 6.45) is 4.14. The standard InChI is InChI=1S/C27H28FN5O2S2/c1-4-18(3)33-26(35)22(37-27(33)36)16-21-24(29-23-17(2)6-5-11-32(23)25(21)34)31-14-12-30(13-15-31)20-9-7-19(28)8-10-20/h5-11,16,18H,4,12-15H2,1-3H3/b22-16-/t18-/m0/s1. The number of rotatable bonds is 5. The number of anilines is 2. The lowest BCUT2D eigenvalue weighted by Crippen LogP contribution is -2.47. The average molecular weight is 538 g/mol. The number of fused-ring (bicyclic) bond motifs is 1. The quantitative estimate of drug-likeness (QED) is 0.352. The first-order valence-corrected chi connectivity index (χ1v) is 13.6. The molecule has 0 radical (unpaired) electrons. The molecule has 2 fully saturated rings. The van der Waals surface area contributed by atoms with Crippen LogP contribution >= 0.6 is 24.0 Å². The zero-order valence-electron chi connectivity index (χ0n) is 21.0. The molecule has 0 unspecified atom stereocenters. The van der Waals surface area contributed by atoms with Gasteiger partial charge in [0.25, 0.3) is 11.5 Å². The predicted octanol–water partition coefficient (Wildman–Crippen LogP) is 4.47. The highest BCUT2D eigenvalue weighted by molar-refractivity contribution is 8.26. The van der Waals surface area contributed by atoms with Crippen LogP contribution < -0.4 is 15.4 Å². The Hall–Kier alpha value is -3.24. The van der Waals surface area contributed by atoms with E-state index in [1.807, 2.05) is 32.9 Å². The van der Waals surface area contributed by atoms with Crippen LogP contribution in [0.5, 0.6) is 0 Å². The fourth-order valence-corrected chi connectivity index (χ4v) is 6.11. The first-order chi connectivity index (χ1) is 17.8. The normalized spacial score (nSPS) is 18.4. The van der Waals surface area contributed by atoms with Crippen molar-refractivity contribution in [2.75, 3.05) is 36.0 Å². The van der Waals surface area contributed by atoms with E-state index in [-0.39, 0.29) is 23.3 Å². The second kappa shape index (κ2) is 10.3. The number of hydrogen-bond acceptors (Lipinski definition) is 7. The monoisotopic (exact) mass is 537 g/mol. The first kappa shape index (κ1) is 25.4. The van der Waals surface area contributed by atoms with Crippen LogP contribution in [0, 0.1) is 12.7 Å². The first-order valence-electron chi connectivity index (χ1n) is 12.3. The lowest BCUT2D eigenvalue weighted by atomic mass is 10.2. The molecule has 1 aromatic carbocycles. The van der Waals surface area contributed by atoms with E-state index >= 15 is 0 Å². The Morgan fingerprint density at radius 3 is 2.46 bits per heavy atom. The highest BCUT2D eigenvalue weighted by Gasteiger charge is 2.35. The van der Waals surface area contributed by atoms with Gasteiger partial charge in [-0.25, -0.2) is 9.37 Å². The number of halogens is 1. The molecule has 0 saturated carbocycles. The summed E-state index contributed by atoms with van der Waals surface area (Å²) in [7, 11) is 0. The Balaban J connectivity index is 1.54. The second-order valence-electron chi connectivity index (χ2n) is 9.30. The van der Waals surface area contributed by atoms with Crippen LogP contribution in [0.2, 0.25) is 0 Å². The van der Waals surface area contributed by atoms with Gasteiger partial charge in [-0.1, -0.05) is 37.0 Å². The van der Waals surface area contributed by atoms with E-state index < -0.39 is 0 Å². The molecule has 2 saturated heterocycles. The summed E-state index contributed by atoms with van der Waals surface area (Å²) in [6.45, 7) is 8.54. The smallest absolute Gasteiger partial charge is 0.267 e.